The number of fused-ring (bicyclic) bond motifs is 2. The van der Waals surface area contributed by atoms with Gasteiger partial charge in [0.25, 0.3) is 0 Å². The second-order valence-corrected chi connectivity index (χ2v) is 5.67. The molecule has 0 aromatic rings. The Kier molecular flexibility index (Phi) is 3.57. The molecule has 0 spiro atoms. The van der Waals surface area contributed by atoms with Crippen molar-refractivity contribution in [3.05, 3.63) is 12.2 Å². The molecule has 17 heavy (non-hydrogen) atoms. The van der Waals surface area contributed by atoms with Gasteiger partial charge in [0.1, 0.15) is 0 Å². The van der Waals surface area contributed by atoms with Gasteiger partial charge in [0.05, 0.1) is 0 Å². The normalized spacial score (nSPS) is 30.9. The zero-order chi connectivity index (χ0) is 12.5. The summed E-state index contributed by atoms with van der Waals surface area (Å²) in [6.45, 7) is 4.77. The van der Waals surface area contributed by atoms with Crippen LogP contribution in [0.15, 0.2) is 12.2 Å². The van der Waals surface area contributed by atoms with Crippen LogP contribution in [0.5, 0.6) is 0 Å². The van der Waals surface area contributed by atoms with E-state index >= 15 is 0 Å². The number of hydrogen-bond donors (Lipinski definition) is 2. The van der Waals surface area contributed by atoms with Crippen molar-refractivity contribution in [3.8, 4) is 0 Å². The van der Waals surface area contributed by atoms with Crippen molar-refractivity contribution in [2.75, 3.05) is 6.54 Å². The number of carbonyl (C=O) groups excluding carboxylic acids is 1. The molecule has 0 aromatic carbocycles. The van der Waals surface area contributed by atoms with Gasteiger partial charge in [-0.25, -0.2) is 0 Å². The highest BCUT2D eigenvalue weighted by molar-refractivity contribution is 5.80. The van der Waals surface area contributed by atoms with Gasteiger partial charge in [0.15, 0.2) is 0 Å². The predicted molar refractivity (Wildman–Crippen MR) is 69.4 cm³/mol. The molecule has 3 atom stereocenters. The summed E-state index contributed by atoms with van der Waals surface area (Å²) in [5.41, 5.74) is 5.96. The second-order valence-electron chi connectivity index (χ2n) is 5.67. The first-order valence-electron chi connectivity index (χ1n) is 6.83. The molecule has 1 fully saturated rings. The van der Waals surface area contributed by atoms with E-state index in [1.807, 2.05) is 0 Å². The van der Waals surface area contributed by atoms with Gasteiger partial charge >= 0.3 is 0 Å². The Balaban J connectivity index is 1.84. The van der Waals surface area contributed by atoms with E-state index in [0.717, 1.165) is 19.3 Å². The van der Waals surface area contributed by atoms with Crippen LogP contribution in [0.1, 0.15) is 39.5 Å². The van der Waals surface area contributed by atoms with Crippen molar-refractivity contribution in [1.82, 2.24) is 5.32 Å². The molecule has 0 saturated heterocycles. The van der Waals surface area contributed by atoms with Crippen LogP contribution < -0.4 is 11.1 Å². The average molecular weight is 236 g/mol. The molecule has 96 valence electrons. The first-order chi connectivity index (χ1) is 8.08. The average Bonchev–Trinajstić information content (AvgIpc) is 2.97. The minimum absolute atomic E-state index is 0.197. The van der Waals surface area contributed by atoms with Crippen LogP contribution in [0.25, 0.3) is 0 Å². The number of nitrogens with two attached hydrogens (primary N) is 1. The zero-order valence-electron chi connectivity index (χ0n) is 10.9. The molecule has 0 heterocycles. The highest BCUT2D eigenvalue weighted by atomic mass is 16.1. The molecule has 0 radical (unpaired) electrons. The van der Waals surface area contributed by atoms with Crippen molar-refractivity contribution in [1.29, 1.82) is 0 Å². The molecule has 2 rings (SSSR count). The molecule has 1 saturated carbocycles. The van der Waals surface area contributed by atoms with Crippen LogP contribution in [0.4, 0.5) is 0 Å². The number of allylic oxidation sites excluding steroid dienone is 2. The molecule has 2 aliphatic carbocycles. The van der Waals surface area contributed by atoms with Crippen molar-refractivity contribution in [2.24, 2.45) is 23.5 Å². The van der Waals surface area contributed by atoms with Crippen molar-refractivity contribution < 1.29 is 4.79 Å². The number of nitrogens with one attached hydrogen (secondary N) is 1. The lowest BCUT2D eigenvalue weighted by Crippen LogP contribution is -2.50. The van der Waals surface area contributed by atoms with E-state index in [0.29, 0.717) is 18.4 Å². The Morgan fingerprint density at radius 3 is 2.53 bits per heavy atom. The molecule has 1 amide bonds. The quantitative estimate of drug-likeness (QED) is 0.716. The lowest BCUT2D eigenvalue weighted by molar-refractivity contribution is -0.126. The van der Waals surface area contributed by atoms with E-state index in [2.05, 4.69) is 31.3 Å². The summed E-state index contributed by atoms with van der Waals surface area (Å²) in [6, 6.07) is 0. The lowest BCUT2D eigenvalue weighted by Gasteiger charge is -2.28. The van der Waals surface area contributed by atoms with Crippen LogP contribution in [0.3, 0.4) is 0 Å². The molecule has 0 aromatic heterocycles. The van der Waals surface area contributed by atoms with E-state index in [-0.39, 0.29) is 17.4 Å². The minimum Gasteiger partial charge on any atom is -0.354 e. The highest BCUT2D eigenvalue weighted by Gasteiger charge is 2.40. The fraction of sp³-hybridized carbons (Fsp3) is 0.786. The number of amides is 1. The maximum absolute atomic E-state index is 12.1. The molecule has 3 heteroatoms. The van der Waals surface area contributed by atoms with E-state index in [1.54, 1.807) is 0 Å². The first-order valence-corrected chi connectivity index (χ1v) is 6.83. The molecule has 0 aliphatic heterocycles. The number of hydrogen-bond acceptors (Lipinski definition) is 2. The molecule has 3 nitrogen and oxygen atoms in total. The van der Waals surface area contributed by atoms with E-state index in [4.69, 9.17) is 5.73 Å². The number of carbonyl (C=O) groups is 1. The minimum atomic E-state index is -0.233. The summed E-state index contributed by atoms with van der Waals surface area (Å²) in [5.74, 6) is 1.53. The summed E-state index contributed by atoms with van der Waals surface area (Å²) in [5, 5.41) is 3.05. The Bertz CT molecular complexity index is 320. The Hall–Kier alpha value is -0.830. The molecule has 2 bridgehead atoms. The van der Waals surface area contributed by atoms with Gasteiger partial charge < -0.3 is 11.1 Å². The third-order valence-corrected chi connectivity index (χ3v) is 4.64. The standard InChI is InChI=1S/C14H24N2O/c1-3-14(15,4-2)9-16-13(17)12-8-10-5-6-11(12)7-10/h5-6,10-12H,3-4,7-9,15H2,1-2H3,(H,16,17). The number of rotatable bonds is 5. The Morgan fingerprint density at radius 1 is 1.35 bits per heavy atom. The SMILES string of the molecule is CCC(N)(CC)CNC(=O)C1CC2C=CC1C2. The first kappa shape index (κ1) is 12.6. The highest BCUT2D eigenvalue weighted by Crippen LogP contribution is 2.43. The maximum Gasteiger partial charge on any atom is 0.223 e. The molecule has 2 aliphatic rings. The van der Waals surface area contributed by atoms with Gasteiger partial charge in [-0.2, -0.15) is 0 Å². The van der Waals surface area contributed by atoms with Gasteiger partial charge in [-0.1, -0.05) is 26.0 Å². The van der Waals surface area contributed by atoms with Crippen LogP contribution in [-0.2, 0) is 4.79 Å². The van der Waals surface area contributed by atoms with Gasteiger partial charge in [-0.3, -0.25) is 4.79 Å². The fourth-order valence-corrected chi connectivity index (χ4v) is 2.98. The summed E-state index contributed by atoms with van der Waals surface area (Å²) in [4.78, 5) is 12.1. The van der Waals surface area contributed by atoms with Crippen molar-refractivity contribution in [2.45, 2.75) is 45.1 Å². The third kappa shape index (κ3) is 2.54. The molecule has 3 unspecified atom stereocenters. The Labute approximate surface area is 104 Å². The zero-order valence-corrected chi connectivity index (χ0v) is 10.9. The van der Waals surface area contributed by atoms with E-state index < -0.39 is 0 Å². The second kappa shape index (κ2) is 4.81. The van der Waals surface area contributed by atoms with Crippen LogP contribution >= 0.6 is 0 Å². The summed E-state index contributed by atoms with van der Waals surface area (Å²) in [7, 11) is 0. The summed E-state index contributed by atoms with van der Waals surface area (Å²) < 4.78 is 0. The van der Waals surface area contributed by atoms with Crippen molar-refractivity contribution in [3.63, 3.8) is 0 Å². The van der Waals surface area contributed by atoms with Gasteiger partial charge in [0.2, 0.25) is 5.91 Å². The fourth-order valence-electron chi connectivity index (χ4n) is 2.98. The molecule has 3 N–H and O–H groups in total. The van der Waals surface area contributed by atoms with E-state index in [9.17, 15) is 4.79 Å². The smallest absolute Gasteiger partial charge is 0.223 e. The molecular formula is C14H24N2O. The largest absolute Gasteiger partial charge is 0.354 e. The van der Waals surface area contributed by atoms with Gasteiger partial charge in [-0.15, -0.1) is 0 Å². The summed E-state index contributed by atoms with van der Waals surface area (Å²) in [6.07, 6.45) is 8.49. The van der Waals surface area contributed by atoms with E-state index in [1.165, 1.54) is 6.42 Å². The molecular weight excluding hydrogens is 212 g/mol. The monoisotopic (exact) mass is 236 g/mol. The summed E-state index contributed by atoms with van der Waals surface area (Å²) >= 11 is 0. The lowest BCUT2D eigenvalue weighted by atomic mass is 9.91. The third-order valence-electron chi connectivity index (χ3n) is 4.64. The maximum atomic E-state index is 12.1. The van der Waals surface area contributed by atoms with Crippen LogP contribution in [0.2, 0.25) is 0 Å². The van der Waals surface area contributed by atoms with Gasteiger partial charge in [-0.05, 0) is 37.5 Å². The predicted octanol–water partition coefficient (Wildman–Crippen LogP) is 1.83. The van der Waals surface area contributed by atoms with Crippen molar-refractivity contribution >= 4 is 5.91 Å². The topological polar surface area (TPSA) is 55.1 Å². The van der Waals surface area contributed by atoms with Gasteiger partial charge in [0, 0.05) is 18.0 Å². The van der Waals surface area contributed by atoms with Crippen LogP contribution in [-0.4, -0.2) is 18.0 Å². The van der Waals surface area contributed by atoms with Crippen LogP contribution in [0, 0.1) is 17.8 Å². The Morgan fingerprint density at radius 2 is 2.06 bits per heavy atom.